The summed E-state index contributed by atoms with van der Waals surface area (Å²) in [6.07, 6.45) is 1.94. The number of thiazole rings is 2. The average Bonchev–Trinajstić information content (AvgIpc) is 3.44. The normalized spacial score (nSPS) is 22.5. The molecule has 0 saturated carbocycles. The molecule has 2 saturated heterocycles. The van der Waals surface area contributed by atoms with Gasteiger partial charge in [-0.25, -0.2) is 4.57 Å². The first-order valence-electron chi connectivity index (χ1n) is 9.30. The number of nitrogens with zero attached hydrogens (tertiary/aromatic N) is 5. The van der Waals surface area contributed by atoms with Crippen LogP contribution in [0, 0.1) is 0 Å². The maximum absolute atomic E-state index is 13.2. The molecule has 4 rings (SSSR count). The van der Waals surface area contributed by atoms with Crippen LogP contribution in [0.4, 0.5) is 5.13 Å². The Morgan fingerprint density at radius 2 is 2.03 bits per heavy atom. The smallest absolute Gasteiger partial charge is 0.367 e. The van der Waals surface area contributed by atoms with Crippen LogP contribution in [0.1, 0.15) is 13.8 Å². The van der Waals surface area contributed by atoms with Crippen molar-refractivity contribution in [3.8, 4) is 0 Å². The molecule has 0 spiro atoms. The molecule has 29 heavy (non-hydrogen) atoms. The summed E-state index contributed by atoms with van der Waals surface area (Å²) < 4.78 is 5.12. The topological polar surface area (TPSA) is 61.8 Å². The molecule has 154 valence electrons. The predicted octanol–water partition coefficient (Wildman–Crippen LogP) is 0.951. The number of thioether (sulfide) groups is 2. The van der Waals surface area contributed by atoms with Crippen molar-refractivity contribution in [2.45, 2.75) is 20.4 Å². The van der Waals surface area contributed by atoms with Gasteiger partial charge in [-0.2, -0.15) is 0 Å². The summed E-state index contributed by atoms with van der Waals surface area (Å²) in [5.41, 5.74) is -0.0113. The van der Waals surface area contributed by atoms with Gasteiger partial charge in [-0.3, -0.25) is 19.1 Å². The van der Waals surface area contributed by atoms with Crippen LogP contribution in [-0.2, 0) is 18.4 Å². The van der Waals surface area contributed by atoms with Crippen molar-refractivity contribution < 1.29 is 9.36 Å². The zero-order valence-corrected chi connectivity index (χ0v) is 19.9. The Morgan fingerprint density at radius 1 is 1.24 bits per heavy atom. The summed E-state index contributed by atoms with van der Waals surface area (Å²) in [5, 5.41) is 4.47. The number of aryl methyl sites for hydroxylation is 1. The van der Waals surface area contributed by atoms with Gasteiger partial charge in [0.05, 0.1) is 12.1 Å². The number of carbonyl (C=O) groups is 1. The molecule has 0 bridgehead atoms. The van der Waals surface area contributed by atoms with Crippen molar-refractivity contribution in [3.05, 3.63) is 31.1 Å². The molecule has 0 radical (unpaired) electrons. The third-order valence-corrected chi connectivity index (χ3v) is 9.27. The van der Waals surface area contributed by atoms with Gasteiger partial charge in [-0.05, 0) is 30.6 Å². The molecular formula is C18H22N5O2S4+. The second-order valence-corrected chi connectivity index (χ2v) is 10.5. The van der Waals surface area contributed by atoms with Crippen LogP contribution < -0.4 is 19.3 Å². The molecule has 7 nitrogen and oxygen atoms in total. The summed E-state index contributed by atoms with van der Waals surface area (Å²) in [6.45, 7) is 5.88. The lowest BCUT2D eigenvalue weighted by molar-refractivity contribution is -0.653. The Labute approximate surface area is 185 Å². The molecule has 2 aromatic heterocycles. The van der Waals surface area contributed by atoms with Crippen molar-refractivity contribution >= 4 is 72.3 Å². The highest BCUT2D eigenvalue weighted by atomic mass is 32.2. The minimum atomic E-state index is -0.0807. The van der Waals surface area contributed by atoms with E-state index in [4.69, 9.17) is 4.99 Å². The lowest BCUT2D eigenvalue weighted by Crippen LogP contribution is -2.34. The summed E-state index contributed by atoms with van der Waals surface area (Å²) in [5.74, 6) is 0.899. The van der Waals surface area contributed by atoms with E-state index in [0.717, 1.165) is 31.7 Å². The van der Waals surface area contributed by atoms with Crippen LogP contribution in [-0.4, -0.2) is 51.3 Å². The standard InChI is InChI=1S/C18H22N5O2S4/c1-5-22-13(24)11(15-20(3)7-9-26-15)28-16(22)12-14(25)23(6-2)18(29-12)19-17-21(4)8-10-27-17/h8,10H,5-7,9H2,1-4H3/q+1/b15-11+,16-12-. The zero-order chi connectivity index (χ0) is 20.7. The quantitative estimate of drug-likeness (QED) is 0.628. The van der Waals surface area contributed by atoms with Crippen molar-refractivity contribution in [2.75, 3.05) is 25.9 Å². The number of aliphatic imine (C=N–C) groups is 1. The summed E-state index contributed by atoms with van der Waals surface area (Å²) in [7, 11) is 3.95. The van der Waals surface area contributed by atoms with E-state index in [9.17, 15) is 9.59 Å². The molecule has 0 unspecified atom stereocenters. The molecule has 1 amide bonds. The van der Waals surface area contributed by atoms with E-state index in [0.29, 0.717) is 23.2 Å². The highest BCUT2D eigenvalue weighted by Gasteiger charge is 2.38. The van der Waals surface area contributed by atoms with Gasteiger partial charge in [0, 0.05) is 37.8 Å². The number of aromatic nitrogens is 2. The van der Waals surface area contributed by atoms with E-state index in [1.54, 1.807) is 21.2 Å². The number of rotatable bonds is 3. The third-order valence-electron chi connectivity index (χ3n) is 4.73. The average molecular weight is 469 g/mol. The van der Waals surface area contributed by atoms with Crippen LogP contribution in [0.25, 0.3) is 9.93 Å². The van der Waals surface area contributed by atoms with Crippen molar-refractivity contribution in [1.29, 1.82) is 0 Å². The first kappa shape index (κ1) is 20.7. The zero-order valence-electron chi connectivity index (χ0n) is 16.7. The van der Waals surface area contributed by atoms with Gasteiger partial charge in [-0.1, -0.05) is 11.3 Å². The van der Waals surface area contributed by atoms with Crippen LogP contribution in [0.2, 0.25) is 0 Å². The Hall–Kier alpha value is -1.56. The van der Waals surface area contributed by atoms with Crippen LogP contribution in [0.5, 0.6) is 0 Å². The van der Waals surface area contributed by atoms with Crippen LogP contribution in [0.3, 0.4) is 0 Å². The Bertz CT molecular complexity index is 1180. The van der Waals surface area contributed by atoms with Gasteiger partial charge in [0.1, 0.15) is 20.3 Å². The molecule has 4 heterocycles. The summed E-state index contributed by atoms with van der Waals surface area (Å²) in [4.78, 5) is 35.4. The number of amides is 1. The van der Waals surface area contributed by atoms with Gasteiger partial charge in [0.25, 0.3) is 16.6 Å². The summed E-state index contributed by atoms with van der Waals surface area (Å²) in [6, 6.07) is 0. The maximum Gasteiger partial charge on any atom is 0.384 e. The second-order valence-electron chi connectivity index (χ2n) is 6.53. The molecule has 0 N–H and O–H groups in total. The van der Waals surface area contributed by atoms with E-state index in [2.05, 4.69) is 4.90 Å². The lowest BCUT2D eigenvalue weighted by Gasteiger charge is -2.08. The number of hydrogen-bond donors (Lipinski definition) is 0. The molecule has 2 aromatic rings. The third kappa shape index (κ3) is 3.58. The van der Waals surface area contributed by atoms with Crippen molar-refractivity contribution in [1.82, 2.24) is 14.4 Å². The fraction of sp³-hybridized carbons (Fsp3) is 0.444. The fourth-order valence-corrected chi connectivity index (χ4v) is 7.74. The molecule has 0 aromatic carbocycles. The molecule has 11 heteroatoms. The highest BCUT2D eigenvalue weighted by molar-refractivity contribution is 8.23. The Morgan fingerprint density at radius 3 is 2.62 bits per heavy atom. The predicted molar refractivity (Wildman–Crippen MR) is 123 cm³/mol. The SMILES string of the molecule is CCN1C(=O)/C(=c2/s/c(=C3/SCCN3C)c(=O)n2CC)S/C1=N\c1scc[n+]1C. The molecule has 2 aliphatic heterocycles. The largest absolute Gasteiger partial charge is 0.384 e. The van der Waals surface area contributed by atoms with Gasteiger partial charge in [0.15, 0.2) is 0 Å². The first-order chi connectivity index (χ1) is 14.0. The van der Waals surface area contributed by atoms with Crippen molar-refractivity contribution in [3.63, 3.8) is 0 Å². The number of carbonyl (C=O) groups excluding carboxylic acids is 1. The van der Waals surface area contributed by atoms with Crippen LogP contribution in [0.15, 0.2) is 21.4 Å². The van der Waals surface area contributed by atoms with Gasteiger partial charge in [0.2, 0.25) is 0 Å². The van der Waals surface area contributed by atoms with E-state index in [-0.39, 0.29) is 11.5 Å². The Balaban J connectivity index is 1.92. The lowest BCUT2D eigenvalue weighted by atomic mass is 10.5. The monoisotopic (exact) mass is 468 g/mol. The number of hydrogen-bond acceptors (Lipinski definition) is 8. The van der Waals surface area contributed by atoms with Gasteiger partial charge < -0.3 is 4.90 Å². The molecule has 2 fully saturated rings. The first-order valence-corrected chi connectivity index (χ1v) is 12.8. The summed E-state index contributed by atoms with van der Waals surface area (Å²) >= 11 is 6.03. The number of amidine groups is 1. The highest BCUT2D eigenvalue weighted by Crippen LogP contribution is 2.33. The van der Waals surface area contributed by atoms with E-state index in [1.807, 2.05) is 44.1 Å². The Kier molecular flexibility index (Phi) is 5.92. The second kappa shape index (κ2) is 8.29. The van der Waals surface area contributed by atoms with Gasteiger partial charge >= 0.3 is 5.13 Å². The van der Waals surface area contributed by atoms with Gasteiger partial charge in [-0.15, -0.1) is 23.1 Å². The maximum atomic E-state index is 13.2. The minimum Gasteiger partial charge on any atom is -0.367 e. The van der Waals surface area contributed by atoms with Crippen LogP contribution >= 0.6 is 46.2 Å². The van der Waals surface area contributed by atoms with E-state index in [1.165, 1.54) is 34.4 Å². The van der Waals surface area contributed by atoms with E-state index >= 15 is 0 Å². The molecule has 0 atom stereocenters. The molecular weight excluding hydrogens is 446 g/mol. The van der Waals surface area contributed by atoms with Crippen molar-refractivity contribution in [2.24, 2.45) is 12.0 Å². The fourth-order valence-electron chi connectivity index (χ4n) is 3.14. The van der Waals surface area contributed by atoms with E-state index < -0.39 is 0 Å². The minimum absolute atomic E-state index is 0.0113. The molecule has 0 aliphatic carbocycles. The molecule has 2 aliphatic rings.